The van der Waals surface area contributed by atoms with Crippen LogP contribution in [0.25, 0.3) is 0 Å². The van der Waals surface area contributed by atoms with Crippen LogP contribution in [0.1, 0.15) is 26.7 Å². The lowest BCUT2D eigenvalue weighted by molar-refractivity contribution is 0.579. The molecule has 0 spiro atoms. The lowest BCUT2D eigenvalue weighted by Crippen LogP contribution is -2.14. The molecule has 0 saturated heterocycles. The Balaban J connectivity index is 2.35. The Bertz CT molecular complexity index is 458. The van der Waals surface area contributed by atoms with E-state index in [4.69, 9.17) is 29.6 Å². The van der Waals surface area contributed by atoms with Gasteiger partial charge in [0.25, 0.3) is 0 Å². The lowest BCUT2D eigenvalue weighted by atomic mass is 10.1. The second-order valence-corrected chi connectivity index (χ2v) is 6.71. The van der Waals surface area contributed by atoms with Gasteiger partial charge in [-0.2, -0.15) is 4.99 Å². The molecule has 1 aromatic carbocycles. The Kier molecular flexibility index (Phi) is 7.95. The number of hydrogen-bond donors (Lipinski definition) is 2. The van der Waals surface area contributed by atoms with Gasteiger partial charge in [0.1, 0.15) is 0 Å². The summed E-state index contributed by atoms with van der Waals surface area (Å²) in [5.74, 6) is 1.69. The van der Waals surface area contributed by atoms with Gasteiger partial charge in [-0.1, -0.05) is 43.6 Å². The molecular formula is C14H20ClN3S2. The monoisotopic (exact) mass is 329 g/mol. The average molecular weight is 330 g/mol. The van der Waals surface area contributed by atoms with Gasteiger partial charge in [0.05, 0.1) is 0 Å². The van der Waals surface area contributed by atoms with Crippen molar-refractivity contribution in [3.63, 3.8) is 0 Å². The van der Waals surface area contributed by atoms with Gasteiger partial charge < -0.3 is 11.1 Å². The number of thiocarbonyl (C=S) groups is 1. The van der Waals surface area contributed by atoms with E-state index in [2.05, 4.69) is 24.2 Å². The number of halogens is 1. The molecule has 1 rings (SSSR count). The van der Waals surface area contributed by atoms with Gasteiger partial charge in [-0.3, -0.25) is 0 Å². The molecule has 0 fully saturated rings. The summed E-state index contributed by atoms with van der Waals surface area (Å²) in [6.07, 6.45) is 2.34. The first-order valence-corrected chi connectivity index (χ1v) is 8.28. The summed E-state index contributed by atoms with van der Waals surface area (Å²) in [5, 5.41) is 4.55. The van der Waals surface area contributed by atoms with Crippen molar-refractivity contribution in [2.75, 3.05) is 11.1 Å². The molecule has 0 saturated carbocycles. The molecular weight excluding hydrogens is 310 g/mol. The van der Waals surface area contributed by atoms with Crippen LogP contribution in [-0.2, 0) is 0 Å². The number of amidine groups is 1. The van der Waals surface area contributed by atoms with Crippen LogP contribution in [0.15, 0.2) is 29.3 Å². The zero-order valence-electron chi connectivity index (χ0n) is 11.7. The fourth-order valence-corrected chi connectivity index (χ4v) is 2.56. The predicted molar refractivity (Wildman–Crippen MR) is 95.8 cm³/mol. The summed E-state index contributed by atoms with van der Waals surface area (Å²) in [6.45, 7) is 4.43. The van der Waals surface area contributed by atoms with Crippen molar-refractivity contribution in [2.45, 2.75) is 26.7 Å². The van der Waals surface area contributed by atoms with Crippen LogP contribution in [0.5, 0.6) is 0 Å². The van der Waals surface area contributed by atoms with Crippen molar-refractivity contribution < 1.29 is 0 Å². The van der Waals surface area contributed by atoms with Crippen LogP contribution in [0.3, 0.4) is 0 Å². The number of nitrogens with two attached hydrogens (primary N) is 1. The topological polar surface area (TPSA) is 50.4 Å². The highest BCUT2D eigenvalue weighted by Gasteiger charge is 2.00. The third-order valence-electron chi connectivity index (χ3n) is 2.48. The van der Waals surface area contributed by atoms with Crippen molar-refractivity contribution in [3.05, 3.63) is 29.3 Å². The highest BCUT2D eigenvalue weighted by atomic mass is 35.5. The standard InChI is InChI=1S/C14H20ClN3S2/c1-10(2)4-3-9-20-13(16)18-14(19)17-12-7-5-11(15)6-8-12/h5-8,10H,3-4,9H2,1-2H3,(H3,16,17,18,19). The van der Waals surface area contributed by atoms with Crippen LogP contribution in [0, 0.1) is 5.92 Å². The summed E-state index contributed by atoms with van der Waals surface area (Å²) < 4.78 is 0. The van der Waals surface area contributed by atoms with Crippen LogP contribution in [0.2, 0.25) is 5.02 Å². The Labute approximate surface area is 135 Å². The maximum absolute atomic E-state index is 5.83. The molecule has 0 amide bonds. The molecule has 0 bridgehead atoms. The molecule has 110 valence electrons. The van der Waals surface area contributed by atoms with E-state index in [1.54, 1.807) is 12.1 Å². The van der Waals surface area contributed by atoms with Gasteiger partial charge in [0.15, 0.2) is 10.3 Å². The number of hydrogen-bond acceptors (Lipinski definition) is 2. The van der Waals surface area contributed by atoms with Crippen LogP contribution in [-0.4, -0.2) is 16.0 Å². The first-order chi connectivity index (χ1) is 9.47. The Morgan fingerprint density at radius 3 is 2.65 bits per heavy atom. The van der Waals surface area contributed by atoms with Crippen molar-refractivity contribution in [1.29, 1.82) is 0 Å². The number of anilines is 1. The van der Waals surface area contributed by atoms with Gasteiger partial charge in [0.2, 0.25) is 0 Å². The summed E-state index contributed by atoms with van der Waals surface area (Å²) in [4.78, 5) is 4.16. The molecule has 0 unspecified atom stereocenters. The minimum atomic E-state index is 0.362. The highest BCUT2D eigenvalue weighted by Crippen LogP contribution is 2.14. The summed E-state index contributed by atoms with van der Waals surface area (Å²) >= 11 is 12.5. The normalized spacial score (nSPS) is 11.7. The molecule has 20 heavy (non-hydrogen) atoms. The Morgan fingerprint density at radius 1 is 1.40 bits per heavy atom. The smallest absolute Gasteiger partial charge is 0.199 e. The molecule has 1 aromatic rings. The number of aliphatic imine (C=N–C) groups is 1. The van der Waals surface area contributed by atoms with Gasteiger partial charge >= 0.3 is 0 Å². The molecule has 0 atom stereocenters. The maximum Gasteiger partial charge on any atom is 0.199 e. The van der Waals surface area contributed by atoms with Gasteiger partial charge in [-0.05, 0) is 48.8 Å². The summed E-state index contributed by atoms with van der Waals surface area (Å²) in [6, 6.07) is 7.27. The molecule has 3 nitrogen and oxygen atoms in total. The van der Waals surface area contributed by atoms with Crippen LogP contribution >= 0.6 is 35.6 Å². The second kappa shape index (κ2) is 9.21. The molecule has 0 radical (unpaired) electrons. The van der Waals surface area contributed by atoms with E-state index in [1.165, 1.54) is 18.2 Å². The largest absolute Gasteiger partial charge is 0.378 e. The number of thioether (sulfide) groups is 1. The second-order valence-electron chi connectivity index (χ2n) is 4.77. The third-order valence-corrected chi connectivity index (χ3v) is 3.81. The number of rotatable bonds is 5. The number of nitrogens with one attached hydrogen (secondary N) is 1. The van der Waals surface area contributed by atoms with E-state index >= 15 is 0 Å². The first kappa shape index (κ1) is 17.3. The number of benzene rings is 1. The zero-order chi connectivity index (χ0) is 15.0. The minimum absolute atomic E-state index is 0.362. The van der Waals surface area contributed by atoms with Gasteiger partial charge in [-0.15, -0.1) is 0 Å². The number of nitrogens with zero attached hydrogens (tertiary/aromatic N) is 1. The van der Waals surface area contributed by atoms with E-state index in [-0.39, 0.29) is 0 Å². The molecule has 0 aliphatic heterocycles. The third kappa shape index (κ3) is 7.72. The predicted octanol–water partition coefficient (Wildman–Crippen LogP) is 4.52. The first-order valence-electron chi connectivity index (χ1n) is 6.51. The van der Waals surface area contributed by atoms with Gasteiger partial charge in [-0.25, -0.2) is 0 Å². The minimum Gasteiger partial charge on any atom is -0.378 e. The van der Waals surface area contributed by atoms with Crippen LogP contribution in [0.4, 0.5) is 5.69 Å². The Hall–Kier alpha value is -0.780. The maximum atomic E-state index is 5.83. The van der Waals surface area contributed by atoms with Crippen molar-refractivity contribution in [2.24, 2.45) is 16.6 Å². The van der Waals surface area contributed by atoms with E-state index in [0.717, 1.165) is 23.8 Å². The van der Waals surface area contributed by atoms with Crippen molar-refractivity contribution >= 4 is 51.5 Å². The highest BCUT2D eigenvalue weighted by molar-refractivity contribution is 8.13. The molecule has 0 aliphatic rings. The van der Waals surface area contributed by atoms with Gasteiger partial charge in [0, 0.05) is 16.5 Å². The molecule has 0 aliphatic carbocycles. The van der Waals surface area contributed by atoms with E-state index in [0.29, 0.717) is 15.3 Å². The average Bonchev–Trinajstić information content (AvgIpc) is 2.37. The quantitative estimate of drug-likeness (QED) is 0.361. The van der Waals surface area contributed by atoms with E-state index in [1.807, 2.05) is 12.1 Å². The zero-order valence-corrected chi connectivity index (χ0v) is 14.1. The fraction of sp³-hybridized carbons (Fsp3) is 0.429. The molecule has 3 N–H and O–H groups in total. The lowest BCUT2D eigenvalue weighted by Gasteiger charge is -2.06. The van der Waals surface area contributed by atoms with Crippen molar-refractivity contribution in [1.82, 2.24) is 0 Å². The molecule has 0 aromatic heterocycles. The Morgan fingerprint density at radius 2 is 2.05 bits per heavy atom. The molecule has 0 heterocycles. The van der Waals surface area contributed by atoms with Crippen LogP contribution < -0.4 is 11.1 Å². The summed E-state index contributed by atoms with van der Waals surface area (Å²) in [5.41, 5.74) is 6.68. The van der Waals surface area contributed by atoms with E-state index in [9.17, 15) is 0 Å². The summed E-state index contributed by atoms with van der Waals surface area (Å²) in [7, 11) is 0. The fourth-order valence-electron chi connectivity index (χ4n) is 1.49. The molecule has 6 heteroatoms. The van der Waals surface area contributed by atoms with E-state index < -0.39 is 0 Å². The SMILES string of the molecule is CC(C)CCCS/C(N)=N/C(=S)Nc1ccc(Cl)cc1. The van der Waals surface area contributed by atoms with Crippen molar-refractivity contribution in [3.8, 4) is 0 Å².